The van der Waals surface area contributed by atoms with Crippen molar-refractivity contribution in [1.82, 2.24) is 19.7 Å². The molecule has 1 aliphatic heterocycles. The Balaban J connectivity index is 1.32. The van der Waals surface area contributed by atoms with Crippen molar-refractivity contribution < 1.29 is 28.1 Å². The summed E-state index contributed by atoms with van der Waals surface area (Å²) in [6.45, 7) is 4.80. The van der Waals surface area contributed by atoms with Gasteiger partial charge in [0.1, 0.15) is 18.5 Å². The molecule has 2 aromatic heterocycles. The molecular formula is C28H34Cl2FN5O5. The number of anilines is 1. The van der Waals surface area contributed by atoms with Crippen LogP contribution in [0.5, 0.6) is 5.75 Å². The second kappa shape index (κ2) is 14.8. The number of hydrogen-bond acceptors (Lipinski definition) is 8. The number of aromatic nitrogens is 3. The van der Waals surface area contributed by atoms with E-state index in [-0.39, 0.29) is 34.4 Å². The van der Waals surface area contributed by atoms with Gasteiger partial charge in [0.05, 0.1) is 43.7 Å². The van der Waals surface area contributed by atoms with Gasteiger partial charge in [-0.3, -0.25) is 9.48 Å². The third-order valence-electron chi connectivity index (χ3n) is 6.83. The lowest BCUT2D eigenvalue weighted by molar-refractivity contribution is -0.138. The van der Waals surface area contributed by atoms with Crippen LogP contribution in [0.2, 0.25) is 10.0 Å². The summed E-state index contributed by atoms with van der Waals surface area (Å²) in [7, 11) is 1.61. The van der Waals surface area contributed by atoms with Crippen LogP contribution in [0.15, 0.2) is 36.8 Å². The second-order valence-electron chi connectivity index (χ2n) is 9.60. The van der Waals surface area contributed by atoms with Crippen LogP contribution in [0.3, 0.4) is 0 Å². The van der Waals surface area contributed by atoms with Gasteiger partial charge in [-0.15, -0.1) is 0 Å². The van der Waals surface area contributed by atoms with Crippen LogP contribution < -0.4 is 10.5 Å². The van der Waals surface area contributed by atoms with Crippen molar-refractivity contribution in [3.8, 4) is 16.9 Å². The Bertz CT molecular complexity index is 1320. The highest BCUT2D eigenvalue weighted by molar-refractivity contribution is 6.36. The fraction of sp³-hybridized carbons (Fsp3) is 0.464. The van der Waals surface area contributed by atoms with Crippen molar-refractivity contribution in [2.75, 3.05) is 59.0 Å². The van der Waals surface area contributed by atoms with Crippen LogP contribution in [0.25, 0.3) is 11.1 Å². The number of ether oxygens (including phenoxy) is 4. The number of methoxy groups -OCH3 is 1. The molecule has 0 saturated carbocycles. The van der Waals surface area contributed by atoms with Gasteiger partial charge < -0.3 is 29.6 Å². The maximum Gasteiger partial charge on any atom is 0.248 e. The maximum absolute atomic E-state index is 14.0. The van der Waals surface area contributed by atoms with E-state index in [2.05, 4.69) is 10.1 Å². The van der Waals surface area contributed by atoms with E-state index in [1.165, 1.54) is 12.1 Å². The fourth-order valence-corrected chi connectivity index (χ4v) is 5.23. The van der Waals surface area contributed by atoms with Crippen molar-refractivity contribution in [1.29, 1.82) is 0 Å². The van der Waals surface area contributed by atoms with Crippen molar-refractivity contribution in [3.05, 3.63) is 58.2 Å². The Labute approximate surface area is 248 Å². The average molecular weight is 611 g/mol. The summed E-state index contributed by atoms with van der Waals surface area (Å²) >= 11 is 12.4. The summed E-state index contributed by atoms with van der Waals surface area (Å²) in [5.74, 6) is -0.125. The number of likely N-dealkylation sites (tertiary alicyclic amines) is 1. The number of rotatable bonds is 13. The molecule has 1 amide bonds. The van der Waals surface area contributed by atoms with Crippen LogP contribution in [-0.2, 0) is 19.0 Å². The highest BCUT2D eigenvalue weighted by atomic mass is 35.5. The Morgan fingerprint density at radius 2 is 1.85 bits per heavy atom. The number of carbonyl (C=O) groups is 1. The number of amides is 1. The van der Waals surface area contributed by atoms with Crippen LogP contribution in [0.4, 0.5) is 10.2 Å². The van der Waals surface area contributed by atoms with Gasteiger partial charge >= 0.3 is 0 Å². The number of halogens is 3. The first-order valence-electron chi connectivity index (χ1n) is 13.3. The van der Waals surface area contributed by atoms with Crippen LogP contribution in [-0.4, -0.2) is 78.8 Å². The first-order valence-corrected chi connectivity index (χ1v) is 14.1. The molecule has 0 unspecified atom stereocenters. The highest BCUT2D eigenvalue weighted by Crippen LogP contribution is 2.37. The van der Waals surface area contributed by atoms with Gasteiger partial charge in [0.25, 0.3) is 0 Å². The van der Waals surface area contributed by atoms with Crippen LogP contribution >= 0.6 is 23.2 Å². The lowest BCUT2D eigenvalue weighted by Gasteiger charge is -2.32. The molecule has 1 fully saturated rings. The van der Waals surface area contributed by atoms with E-state index in [1.807, 2.05) is 15.8 Å². The number of pyridine rings is 1. The molecule has 0 bridgehead atoms. The molecule has 3 aromatic rings. The van der Waals surface area contributed by atoms with Gasteiger partial charge in [-0.05, 0) is 38.0 Å². The summed E-state index contributed by atoms with van der Waals surface area (Å²) in [5.41, 5.74) is 7.98. The summed E-state index contributed by atoms with van der Waals surface area (Å²) in [4.78, 5) is 18.6. The van der Waals surface area contributed by atoms with Crippen molar-refractivity contribution in [3.63, 3.8) is 0 Å². The minimum atomic E-state index is -0.680. The minimum Gasteiger partial charge on any atom is -0.482 e. The Hall–Kier alpha value is -2.96. The molecule has 0 radical (unpaired) electrons. The number of benzene rings is 1. The predicted octanol–water partition coefficient (Wildman–Crippen LogP) is 4.96. The molecule has 10 nitrogen and oxygen atoms in total. The van der Waals surface area contributed by atoms with E-state index < -0.39 is 11.9 Å². The summed E-state index contributed by atoms with van der Waals surface area (Å²) in [6.07, 6.45) is 6.19. The zero-order chi connectivity index (χ0) is 29.4. The molecule has 1 aromatic carbocycles. The quantitative estimate of drug-likeness (QED) is 0.214. The van der Waals surface area contributed by atoms with Crippen molar-refractivity contribution >= 4 is 34.9 Å². The zero-order valence-corrected chi connectivity index (χ0v) is 24.5. The molecule has 41 heavy (non-hydrogen) atoms. The fourth-order valence-electron chi connectivity index (χ4n) is 4.55. The predicted molar refractivity (Wildman–Crippen MR) is 154 cm³/mol. The topological polar surface area (TPSA) is 114 Å². The molecule has 3 heterocycles. The van der Waals surface area contributed by atoms with E-state index >= 15 is 0 Å². The Morgan fingerprint density at radius 3 is 2.61 bits per heavy atom. The van der Waals surface area contributed by atoms with Crippen LogP contribution in [0, 0.1) is 5.82 Å². The Morgan fingerprint density at radius 1 is 1.12 bits per heavy atom. The largest absolute Gasteiger partial charge is 0.482 e. The number of nitrogen functional groups attached to an aromatic ring is 1. The molecule has 4 rings (SSSR count). The smallest absolute Gasteiger partial charge is 0.248 e. The van der Waals surface area contributed by atoms with E-state index in [0.717, 1.165) is 24.0 Å². The Kier molecular flexibility index (Phi) is 11.2. The molecule has 1 atom stereocenters. The summed E-state index contributed by atoms with van der Waals surface area (Å²) < 4.78 is 37.6. The number of nitrogens with two attached hydrogens (primary N) is 1. The van der Waals surface area contributed by atoms with Gasteiger partial charge in [0, 0.05) is 54.3 Å². The van der Waals surface area contributed by atoms with Crippen LogP contribution in [0.1, 0.15) is 37.5 Å². The summed E-state index contributed by atoms with van der Waals surface area (Å²) in [6, 6.07) is 4.54. The second-order valence-corrected chi connectivity index (χ2v) is 10.4. The van der Waals surface area contributed by atoms with E-state index in [9.17, 15) is 9.18 Å². The normalized spacial score (nSPS) is 14.8. The van der Waals surface area contributed by atoms with Gasteiger partial charge in [-0.25, -0.2) is 9.37 Å². The number of nitrogens with zero attached hydrogens (tertiary/aromatic N) is 4. The zero-order valence-electron chi connectivity index (χ0n) is 23.0. The van der Waals surface area contributed by atoms with E-state index in [0.29, 0.717) is 50.8 Å². The minimum absolute atomic E-state index is 0.0305. The third-order valence-corrected chi connectivity index (χ3v) is 7.54. The summed E-state index contributed by atoms with van der Waals surface area (Å²) in [5, 5.41) is 4.75. The molecule has 0 spiro atoms. The average Bonchev–Trinajstić information content (AvgIpc) is 3.46. The van der Waals surface area contributed by atoms with Crippen molar-refractivity contribution in [2.24, 2.45) is 0 Å². The highest BCUT2D eigenvalue weighted by Gasteiger charge is 2.25. The van der Waals surface area contributed by atoms with Crippen molar-refractivity contribution in [2.45, 2.75) is 31.9 Å². The lowest BCUT2D eigenvalue weighted by Crippen LogP contribution is -2.41. The lowest BCUT2D eigenvalue weighted by atomic mass is 10.1. The SMILES string of the molecule is COCCOCCOCC(=O)N1CCC(n2cc(-c3cnc(N)c(O[C@H](C)c4c(Cl)ccc(F)c4Cl)c3)cn2)CC1. The molecule has 1 saturated heterocycles. The first kappa shape index (κ1) is 31.0. The molecule has 2 N–H and O–H groups in total. The number of hydrogen-bond donors (Lipinski definition) is 1. The van der Waals surface area contributed by atoms with Gasteiger partial charge in [-0.1, -0.05) is 23.2 Å². The standard InChI is InChI=1S/C28H34Cl2FN5O5/c1-18(26-22(29)3-4-23(31)27(26)30)41-24-13-19(14-33-28(24)32)20-15-34-36(16-20)21-5-7-35(8-6-21)25(37)17-40-12-11-39-10-9-38-2/h3-4,13-16,18,21H,5-12,17H2,1-2H3,(H2,32,33)/t18-/m1/s1. The maximum atomic E-state index is 14.0. The monoisotopic (exact) mass is 609 g/mol. The van der Waals surface area contributed by atoms with E-state index in [1.54, 1.807) is 32.5 Å². The molecule has 1 aliphatic rings. The molecule has 0 aliphatic carbocycles. The number of piperidine rings is 1. The first-order chi connectivity index (χ1) is 19.8. The number of carbonyl (C=O) groups excluding carboxylic acids is 1. The van der Waals surface area contributed by atoms with Gasteiger partial charge in [0.15, 0.2) is 11.6 Å². The van der Waals surface area contributed by atoms with Gasteiger partial charge in [-0.2, -0.15) is 5.10 Å². The van der Waals surface area contributed by atoms with Gasteiger partial charge in [0.2, 0.25) is 5.91 Å². The van der Waals surface area contributed by atoms with E-state index in [4.69, 9.17) is 47.9 Å². The third kappa shape index (κ3) is 8.08. The molecule has 13 heteroatoms. The molecular weight excluding hydrogens is 576 g/mol. The molecule has 222 valence electrons.